The third kappa shape index (κ3) is 3.34. The van der Waals surface area contributed by atoms with Gasteiger partial charge in [0.15, 0.2) is 0 Å². The van der Waals surface area contributed by atoms with E-state index in [-0.39, 0.29) is 5.92 Å². The maximum Gasteiger partial charge on any atom is 0.257 e. The molecule has 0 fully saturated rings. The summed E-state index contributed by atoms with van der Waals surface area (Å²) in [5.41, 5.74) is 0. The Hall–Kier alpha value is -0.380. The van der Waals surface area contributed by atoms with Crippen LogP contribution in [0.25, 0.3) is 0 Å². The van der Waals surface area contributed by atoms with Crippen molar-refractivity contribution in [3.05, 3.63) is 0 Å². The molecule has 12 heavy (non-hydrogen) atoms. The van der Waals surface area contributed by atoms with Crippen molar-refractivity contribution >= 4 is 16.2 Å². The average molecular weight is 191 g/mol. The Labute approximate surface area is 74.9 Å². The molecule has 72 valence electrons. The highest BCUT2D eigenvalue weighted by atomic mass is 32.2. The summed E-state index contributed by atoms with van der Waals surface area (Å²) in [5.74, 6) is 0.169. The summed E-state index contributed by atoms with van der Waals surface area (Å²) in [5, 5.41) is 0. The van der Waals surface area contributed by atoms with Crippen LogP contribution in [0, 0.1) is 5.92 Å². The van der Waals surface area contributed by atoms with E-state index >= 15 is 0 Å². The number of hydrogen-bond acceptors (Lipinski definition) is 2. The largest absolute Gasteiger partial charge is 0.257 e. The fourth-order valence-electron chi connectivity index (χ4n) is 0.360. The zero-order valence-corrected chi connectivity index (χ0v) is 9.14. The molecule has 0 unspecified atom stereocenters. The first-order valence-electron chi connectivity index (χ1n) is 3.97. The second kappa shape index (κ2) is 3.56. The fourth-order valence-corrected chi connectivity index (χ4v) is 1.08. The molecule has 0 aliphatic rings. The van der Waals surface area contributed by atoms with Crippen LogP contribution in [0.3, 0.4) is 0 Å². The van der Waals surface area contributed by atoms with Gasteiger partial charge in [-0.1, -0.05) is 13.8 Å². The minimum atomic E-state index is -3.32. The lowest BCUT2D eigenvalue weighted by Gasteiger charge is -2.14. The van der Waals surface area contributed by atoms with E-state index in [1.54, 1.807) is 20.8 Å². The lowest BCUT2D eigenvalue weighted by molar-refractivity contribution is 0.562. The van der Waals surface area contributed by atoms with Crippen molar-refractivity contribution in [2.24, 2.45) is 10.3 Å². The lowest BCUT2D eigenvalue weighted by atomic mass is 10.3. The van der Waals surface area contributed by atoms with E-state index in [0.717, 1.165) is 0 Å². The Morgan fingerprint density at radius 1 is 1.25 bits per heavy atom. The van der Waals surface area contributed by atoms with Crippen molar-refractivity contribution in [3.63, 3.8) is 0 Å². The maximum absolute atomic E-state index is 11.4. The molecule has 0 aliphatic carbocycles. The molecular formula is C8H17NO2S. The fraction of sp³-hybridized carbons (Fsp3) is 0.875. The quantitative estimate of drug-likeness (QED) is 0.625. The first kappa shape index (κ1) is 11.6. The van der Waals surface area contributed by atoms with E-state index in [1.165, 1.54) is 6.21 Å². The standard InChI is InChI=1S/C8H17NO2S/c1-7(2)6-9-12(10,11)8(3,4)5/h6-7H,1-5H3/b9-6+. The van der Waals surface area contributed by atoms with Gasteiger partial charge in [-0.25, -0.2) is 8.42 Å². The van der Waals surface area contributed by atoms with Crippen LogP contribution in [0.15, 0.2) is 4.40 Å². The molecular weight excluding hydrogens is 174 g/mol. The number of sulfonamides is 1. The third-order valence-electron chi connectivity index (χ3n) is 1.27. The highest BCUT2D eigenvalue weighted by Gasteiger charge is 2.27. The first-order chi connectivity index (χ1) is 5.17. The predicted octanol–water partition coefficient (Wildman–Crippen LogP) is 1.84. The van der Waals surface area contributed by atoms with Gasteiger partial charge < -0.3 is 0 Å². The summed E-state index contributed by atoms with van der Waals surface area (Å²) >= 11 is 0. The normalized spacial score (nSPS) is 14.5. The van der Waals surface area contributed by atoms with Gasteiger partial charge in [0.2, 0.25) is 0 Å². The van der Waals surface area contributed by atoms with Crippen LogP contribution >= 0.6 is 0 Å². The van der Waals surface area contributed by atoms with E-state index in [9.17, 15) is 8.42 Å². The Bertz CT molecular complexity index is 257. The molecule has 3 nitrogen and oxygen atoms in total. The van der Waals surface area contributed by atoms with Gasteiger partial charge in [-0.05, 0) is 26.7 Å². The third-order valence-corrected chi connectivity index (χ3v) is 3.22. The van der Waals surface area contributed by atoms with Crippen molar-refractivity contribution < 1.29 is 8.42 Å². The molecule has 0 spiro atoms. The van der Waals surface area contributed by atoms with E-state index in [4.69, 9.17) is 0 Å². The van der Waals surface area contributed by atoms with E-state index < -0.39 is 14.8 Å². The van der Waals surface area contributed by atoms with Gasteiger partial charge in [-0.15, -0.1) is 0 Å². The van der Waals surface area contributed by atoms with Crippen LogP contribution in [0.4, 0.5) is 0 Å². The van der Waals surface area contributed by atoms with Crippen molar-refractivity contribution in [3.8, 4) is 0 Å². The summed E-state index contributed by atoms with van der Waals surface area (Å²) in [6.45, 7) is 8.70. The number of nitrogens with zero attached hydrogens (tertiary/aromatic N) is 1. The van der Waals surface area contributed by atoms with Gasteiger partial charge in [0, 0.05) is 6.21 Å². The van der Waals surface area contributed by atoms with Gasteiger partial charge in [0.05, 0.1) is 4.75 Å². The lowest BCUT2D eigenvalue weighted by Crippen LogP contribution is -2.26. The Morgan fingerprint density at radius 3 is 1.92 bits per heavy atom. The molecule has 0 radical (unpaired) electrons. The van der Waals surface area contributed by atoms with Gasteiger partial charge in [0.1, 0.15) is 0 Å². The highest BCUT2D eigenvalue weighted by Crippen LogP contribution is 2.16. The van der Waals surface area contributed by atoms with Crippen molar-refractivity contribution in [1.29, 1.82) is 0 Å². The Morgan fingerprint density at radius 2 is 1.67 bits per heavy atom. The van der Waals surface area contributed by atoms with Crippen LogP contribution in [0.5, 0.6) is 0 Å². The van der Waals surface area contributed by atoms with E-state index in [1.807, 2.05) is 13.8 Å². The summed E-state index contributed by atoms with van der Waals surface area (Å²) in [4.78, 5) is 0. The molecule has 0 aliphatic heterocycles. The van der Waals surface area contributed by atoms with Gasteiger partial charge in [-0.3, -0.25) is 0 Å². The maximum atomic E-state index is 11.4. The van der Waals surface area contributed by atoms with Crippen LogP contribution in [0.1, 0.15) is 34.6 Å². The summed E-state index contributed by atoms with van der Waals surface area (Å²) < 4.78 is 25.5. The first-order valence-corrected chi connectivity index (χ1v) is 5.41. The molecule has 0 aromatic heterocycles. The molecule has 0 rings (SSSR count). The van der Waals surface area contributed by atoms with Crippen LogP contribution < -0.4 is 0 Å². The summed E-state index contributed by atoms with van der Waals surface area (Å²) in [6.07, 6.45) is 1.46. The molecule has 0 saturated heterocycles. The molecule has 0 atom stereocenters. The summed E-state index contributed by atoms with van der Waals surface area (Å²) in [7, 11) is -3.32. The highest BCUT2D eigenvalue weighted by molar-refractivity contribution is 7.91. The molecule has 0 aromatic carbocycles. The zero-order chi connectivity index (χ0) is 9.99. The van der Waals surface area contributed by atoms with Crippen molar-refractivity contribution in [1.82, 2.24) is 0 Å². The molecule has 0 N–H and O–H groups in total. The van der Waals surface area contributed by atoms with Crippen molar-refractivity contribution in [2.75, 3.05) is 0 Å². The van der Waals surface area contributed by atoms with Crippen LogP contribution in [-0.4, -0.2) is 19.4 Å². The van der Waals surface area contributed by atoms with Gasteiger partial charge in [-0.2, -0.15) is 4.40 Å². The number of hydrogen-bond donors (Lipinski definition) is 0. The zero-order valence-electron chi connectivity index (χ0n) is 8.33. The monoisotopic (exact) mass is 191 g/mol. The topological polar surface area (TPSA) is 46.5 Å². The Kier molecular flexibility index (Phi) is 3.45. The Balaban J connectivity index is 4.69. The van der Waals surface area contributed by atoms with Crippen LogP contribution in [-0.2, 0) is 10.0 Å². The summed E-state index contributed by atoms with van der Waals surface area (Å²) in [6, 6.07) is 0. The van der Waals surface area contributed by atoms with Gasteiger partial charge >= 0.3 is 0 Å². The second-order valence-corrected chi connectivity index (χ2v) is 6.47. The van der Waals surface area contributed by atoms with Gasteiger partial charge in [0.25, 0.3) is 10.0 Å². The minimum Gasteiger partial charge on any atom is -0.204 e. The SMILES string of the molecule is CC(C)/C=N/S(=O)(=O)C(C)(C)C. The minimum absolute atomic E-state index is 0.169. The molecule has 0 aromatic rings. The molecule has 0 heterocycles. The molecule has 0 bridgehead atoms. The number of rotatable bonds is 2. The van der Waals surface area contributed by atoms with Crippen molar-refractivity contribution in [2.45, 2.75) is 39.4 Å². The molecule has 4 heteroatoms. The average Bonchev–Trinajstić information content (AvgIpc) is 1.81. The smallest absolute Gasteiger partial charge is 0.204 e. The van der Waals surface area contributed by atoms with Crippen LogP contribution in [0.2, 0.25) is 0 Å². The molecule has 0 amide bonds. The second-order valence-electron chi connectivity index (χ2n) is 4.09. The van der Waals surface area contributed by atoms with E-state index in [0.29, 0.717) is 0 Å². The predicted molar refractivity (Wildman–Crippen MR) is 52.0 cm³/mol. The van der Waals surface area contributed by atoms with E-state index in [2.05, 4.69) is 4.40 Å². The molecule has 0 saturated carbocycles.